The zero-order valence-corrected chi connectivity index (χ0v) is 11.8. The Morgan fingerprint density at radius 2 is 2.05 bits per heavy atom. The molecule has 3 rings (SSSR count). The standard InChI is InChI=1S/C15H19N3O3/c16-12(19)10-7-9-3-1-2-4-11(9)18-13(10)17-8-15(5-6-15)14(20)21/h7H,1-6,8H2,(H2,16,19)(H,17,18)(H,20,21). The summed E-state index contributed by atoms with van der Waals surface area (Å²) in [6, 6.07) is 1.81. The van der Waals surface area contributed by atoms with Crippen molar-refractivity contribution in [1.29, 1.82) is 0 Å². The minimum atomic E-state index is -0.798. The topological polar surface area (TPSA) is 105 Å². The van der Waals surface area contributed by atoms with Crippen molar-refractivity contribution in [1.82, 2.24) is 4.98 Å². The summed E-state index contributed by atoms with van der Waals surface area (Å²) in [4.78, 5) is 27.3. The number of carbonyl (C=O) groups excluding carboxylic acids is 1. The number of carboxylic acids is 1. The summed E-state index contributed by atoms with van der Waals surface area (Å²) in [5.41, 5.74) is 7.16. The first kappa shape index (κ1) is 13.9. The van der Waals surface area contributed by atoms with Crippen molar-refractivity contribution < 1.29 is 14.7 Å². The van der Waals surface area contributed by atoms with Gasteiger partial charge in [-0.25, -0.2) is 4.98 Å². The van der Waals surface area contributed by atoms with Gasteiger partial charge < -0.3 is 16.2 Å². The molecule has 112 valence electrons. The van der Waals surface area contributed by atoms with E-state index in [1.807, 2.05) is 6.07 Å². The Morgan fingerprint density at radius 3 is 2.67 bits per heavy atom. The maximum absolute atomic E-state index is 11.6. The second-order valence-electron chi connectivity index (χ2n) is 6.00. The molecule has 1 aromatic rings. The smallest absolute Gasteiger partial charge is 0.311 e. The molecule has 4 N–H and O–H groups in total. The molecule has 0 radical (unpaired) electrons. The number of carbonyl (C=O) groups is 2. The van der Waals surface area contributed by atoms with Crippen LogP contribution in [0.5, 0.6) is 0 Å². The zero-order valence-electron chi connectivity index (χ0n) is 11.8. The van der Waals surface area contributed by atoms with Crippen LogP contribution >= 0.6 is 0 Å². The van der Waals surface area contributed by atoms with Crippen molar-refractivity contribution >= 4 is 17.7 Å². The van der Waals surface area contributed by atoms with Gasteiger partial charge in [-0.2, -0.15) is 0 Å². The molecule has 0 spiro atoms. The lowest BCUT2D eigenvalue weighted by atomic mass is 9.94. The van der Waals surface area contributed by atoms with Crippen molar-refractivity contribution in [3.05, 3.63) is 22.9 Å². The molecular weight excluding hydrogens is 270 g/mol. The Bertz CT molecular complexity index is 608. The Labute approximate surface area is 122 Å². The molecule has 0 unspecified atom stereocenters. The molecule has 1 amide bonds. The molecule has 6 heteroatoms. The first-order valence-corrected chi connectivity index (χ1v) is 7.32. The van der Waals surface area contributed by atoms with E-state index in [9.17, 15) is 14.7 Å². The summed E-state index contributed by atoms with van der Waals surface area (Å²) in [5.74, 6) is -0.900. The molecule has 1 heterocycles. The third kappa shape index (κ3) is 2.57. The van der Waals surface area contributed by atoms with Crippen LogP contribution in [0.2, 0.25) is 0 Å². The fourth-order valence-corrected chi connectivity index (χ4v) is 2.83. The fourth-order valence-electron chi connectivity index (χ4n) is 2.83. The Hall–Kier alpha value is -2.11. The largest absolute Gasteiger partial charge is 0.481 e. The average molecular weight is 289 g/mol. The number of primary amides is 1. The number of hydrogen-bond acceptors (Lipinski definition) is 4. The number of rotatable bonds is 5. The van der Waals surface area contributed by atoms with Gasteiger partial charge in [0.25, 0.3) is 5.91 Å². The molecule has 0 aliphatic heterocycles. The average Bonchev–Trinajstić information content (AvgIpc) is 3.25. The number of hydrogen-bond donors (Lipinski definition) is 3. The molecule has 2 aliphatic carbocycles. The van der Waals surface area contributed by atoms with Gasteiger partial charge in [-0.05, 0) is 50.2 Å². The van der Waals surface area contributed by atoms with Gasteiger partial charge in [0.05, 0.1) is 11.0 Å². The normalized spacial score (nSPS) is 18.7. The molecule has 2 aliphatic rings. The maximum Gasteiger partial charge on any atom is 0.311 e. The van der Waals surface area contributed by atoms with Gasteiger partial charge in [0, 0.05) is 12.2 Å². The van der Waals surface area contributed by atoms with Crippen LogP contribution in [0.1, 0.15) is 47.3 Å². The molecule has 1 fully saturated rings. The van der Waals surface area contributed by atoms with Crippen LogP contribution in [-0.4, -0.2) is 28.5 Å². The molecule has 0 aromatic carbocycles. The van der Waals surface area contributed by atoms with Gasteiger partial charge in [-0.1, -0.05) is 0 Å². The highest BCUT2D eigenvalue weighted by atomic mass is 16.4. The number of fused-ring (bicyclic) bond motifs is 1. The van der Waals surface area contributed by atoms with Crippen molar-refractivity contribution in [3.8, 4) is 0 Å². The SMILES string of the molecule is NC(=O)c1cc2c(nc1NCC1(C(=O)O)CC1)CCCC2. The number of nitrogens with one attached hydrogen (secondary N) is 1. The van der Waals surface area contributed by atoms with E-state index >= 15 is 0 Å². The van der Waals surface area contributed by atoms with Gasteiger partial charge in [-0.15, -0.1) is 0 Å². The van der Waals surface area contributed by atoms with E-state index in [1.54, 1.807) is 0 Å². The number of nitrogens with two attached hydrogens (primary N) is 1. The van der Waals surface area contributed by atoms with Crippen molar-refractivity contribution in [2.45, 2.75) is 38.5 Å². The summed E-state index contributed by atoms with van der Waals surface area (Å²) in [5, 5.41) is 12.2. The highest BCUT2D eigenvalue weighted by Crippen LogP contribution is 2.45. The van der Waals surface area contributed by atoms with Gasteiger partial charge >= 0.3 is 5.97 Å². The molecule has 1 aromatic heterocycles. The summed E-state index contributed by atoms with van der Waals surface area (Å²) in [6.07, 6.45) is 5.32. The minimum absolute atomic E-state index is 0.286. The number of aryl methyl sites for hydroxylation is 2. The second-order valence-corrected chi connectivity index (χ2v) is 6.00. The van der Waals surface area contributed by atoms with Crippen molar-refractivity contribution in [2.24, 2.45) is 11.1 Å². The van der Waals surface area contributed by atoms with E-state index in [1.165, 1.54) is 0 Å². The quantitative estimate of drug-likeness (QED) is 0.758. The molecule has 0 bridgehead atoms. The first-order chi connectivity index (χ1) is 10.0. The van der Waals surface area contributed by atoms with Crippen LogP contribution in [0.3, 0.4) is 0 Å². The van der Waals surface area contributed by atoms with Crippen LogP contribution in [0.25, 0.3) is 0 Å². The van der Waals surface area contributed by atoms with E-state index in [0.717, 1.165) is 36.9 Å². The van der Waals surface area contributed by atoms with E-state index < -0.39 is 17.3 Å². The highest BCUT2D eigenvalue weighted by Gasteiger charge is 2.50. The highest BCUT2D eigenvalue weighted by molar-refractivity contribution is 5.98. The Balaban J connectivity index is 1.86. The monoisotopic (exact) mass is 289 g/mol. The predicted molar refractivity (Wildman–Crippen MR) is 77.2 cm³/mol. The summed E-state index contributed by atoms with van der Waals surface area (Å²) < 4.78 is 0. The second kappa shape index (κ2) is 5.02. The number of anilines is 1. The maximum atomic E-state index is 11.6. The third-order valence-corrected chi connectivity index (χ3v) is 4.47. The van der Waals surface area contributed by atoms with Crippen molar-refractivity contribution in [2.75, 3.05) is 11.9 Å². The van der Waals surface area contributed by atoms with Crippen LogP contribution in [-0.2, 0) is 17.6 Å². The first-order valence-electron chi connectivity index (χ1n) is 7.32. The molecule has 1 saturated carbocycles. The summed E-state index contributed by atoms with van der Waals surface area (Å²) >= 11 is 0. The zero-order chi connectivity index (χ0) is 15.0. The molecular formula is C15H19N3O3. The van der Waals surface area contributed by atoms with Crippen LogP contribution in [0.15, 0.2) is 6.07 Å². The van der Waals surface area contributed by atoms with Crippen molar-refractivity contribution in [3.63, 3.8) is 0 Å². The lowest BCUT2D eigenvalue weighted by molar-refractivity contribution is -0.142. The summed E-state index contributed by atoms with van der Waals surface area (Å²) in [6.45, 7) is 0.286. The molecule has 0 atom stereocenters. The third-order valence-electron chi connectivity index (χ3n) is 4.47. The van der Waals surface area contributed by atoms with Gasteiger partial charge in [-0.3, -0.25) is 9.59 Å². The number of pyridine rings is 1. The number of aromatic nitrogens is 1. The predicted octanol–water partition coefficient (Wildman–Crippen LogP) is 1.34. The molecule has 0 saturated heterocycles. The number of aliphatic carboxylic acids is 1. The molecule has 6 nitrogen and oxygen atoms in total. The lowest BCUT2D eigenvalue weighted by Gasteiger charge is -2.19. The van der Waals surface area contributed by atoms with E-state index in [-0.39, 0.29) is 6.54 Å². The van der Waals surface area contributed by atoms with Gasteiger partial charge in [0.1, 0.15) is 5.82 Å². The number of amides is 1. The number of nitrogens with zero attached hydrogens (tertiary/aromatic N) is 1. The lowest BCUT2D eigenvalue weighted by Crippen LogP contribution is -2.26. The van der Waals surface area contributed by atoms with Crippen LogP contribution in [0, 0.1) is 5.41 Å². The Morgan fingerprint density at radius 1 is 1.33 bits per heavy atom. The van der Waals surface area contributed by atoms with Gasteiger partial charge in [0.2, 0.25) is 0 Å². The summed E-state index contributed by atoms with van der Waals surface area (Å²) in [7, 11) is 0. The fraction of sp³-hybridized carbons (Fsp3) is 0.533. The minimum Gasteiger partial charge on any atom is -0.481 e. The Kier molecular flexibility index (Phi) is 3.31. The van der Waals surface area contributed by atoms with E-state index in [2.05, 4.69) is 10.3 Å². The van der Waals surface area contributed by atoms with E-state index in [4.69, 9.17) is 5.73 Å². The molecule has 21 heavy (non-hydrogen) atoms. The van der Waals surface area contributed by atoms with Crippen LogP contribution in [0.4, 0.5) is 5.82 Å². The van der Waals surface area contributed by atoms with Crippen LogP contribution < -0.4 is 11.1 Å². The van der Waals surface area contributed by atoms with E-state index in [0.29, 0.717) is 24.2 Å². The number of carboxylic acid groups (broad SMARTS) is 1. The van der Waals surface area contributed by atoms with Gasteiger partial charge in [0.15, 0.2) is 0 Å².